The van der Waals surface area contributed by atoms with Gasteiger partial charge in [-0.15, -0.1) is 0 Å². The van der Waals surface area contributed by atoms with Crippen LogP contribution in [0, 0.1) is 17.8 Å². The van der Waals surface area contributed by atoms with E-state index in [0.717, 1.165) is 30.8 Å². The van der Waals surface area contributed by atoms with E-state index >= 15 is 0 Å². The predicted octanol–water partition coefficient (Wildman–Crippen LogP) is 1.32. The van der Waals surface area contributed by atoms with E-state index in [0.29, 0.717) is 0 Å². The van der Waals surface area contributed by atoms with Crippen molar-refractivity contribution in [3.8, 4) is 0 Å². The summed E-state index contributed by atoms with van der Waals surface area (Å²) in [6, 6.07) is 0.239. The summed E-state index contributed by atoms with van der Waals surface area (Å²) in [6.07, 6.45) is 5.91. The van der Waals surface area contributed by atoms with E-state index in [-0.39, 0.29) is 12.6 Å². The van der Waals surface area contributed by atoms with Gasteiger partial charge in [-0.1, -0.05) is 13.3 Å². The zero-order chi connectivity index (χ0) is 12.3. The van der Waals surface area contributed by atoms with E-state index in [4.69, 9.17) is 0 Å². The Morgan fingerprint density at radius 1 is 1.35 bits per heavy atom. The van der Waals surface area contributed by atoms with Crippen molar-refractivity contribution in [2.75, 3.05) is 33.3 Å². The summed E-state index contributed by atoms with van der Waals surface area (Å²) in [4.78, 5) is 2.41. The van der Waals surface area contributed by atoms with E-state index in [2.05, 4.69) is 24.2 Å². The van der Waals surface area contributed by atoms with E-state index in [9.17, 15) is 5.11 Å². The fourth-order valence-corrected chi connectivity index (χ4v) is 3.93. The van der Waals surface area contributed by atoms with Gasteiger partial charge in [0.15, 0.2) is 0 Å². The monoisotopic (exact) mass is 240 g/mol. The molecule has 100 valence electrons. The molecule has 0 aromatic heterocycles. The summed E-state index contributed by atoms with van der Waals surface area (Å²) in [6.45, 7) is 5.47. The molecule has 2 saturated carbocycles. The van der Waals surface area contributed by atoms with Crippen LogP contribution in [-0.4, -0.2) is 49.3 Å². The smallest absolute Gasteiger partial charge is 0.0597 e. The number of aliphatic hydroxyl groups is 1. The second-order valence-corrected chi connectivity index (χ2v) is 6.09. The van der Waals surface area contributed by atoms with Crippen molar-refractivity contribution in [2.45, 2.75) is 38.6 Å². The molecule has 0 saturated heterocycles. The first-order valence-corrected chi connectivity index (χ1v) is 7.25. The van der Waals surface area contributed by atoms with Crippen LogP contribution in [0.2, 0.25) is 0 Å². The van der Waals surface area contributed by atoms with Crippen LogP contribution in [0.4, 0.5) is 0 Å². The van der Waals surface area contributed by atoms with Crippen LogP contribution in [-0.2, 0) is 0 Å². The molecule has 0 heterocycles. The van der Waals surface area contributed by atoms with Crippen LogP contribution in [0.3, 0.4) is 0 Å². The molecule has 0 aromatic carbocycles. The Kier molecular flexibility index (Phi) is 4.83. The number of aliphatic hydroxyl groups excluding tert-OH is 1. The molecule has 2 aliphatic rings. The molecule has 2 bridgehead atoms. The Morgan fingerprint density at radius 2 is 2.18 bits per heavy atom. The van der Waals surface area contributed by atoms with Crippen LogP contribution in [0.5, 0.6) is 0 Å². The number of likely N-dealkylation sites (N-methyl/N-ethyl adjacent to an activating group) is 2. The summed E-state index contributed by atoms with van der Waals surface area (Å²) < 4.78 is 0. The highest BCUT2D eigenvalue weighted by molar-refractivity contribution is 4.91. The molecule has 2 aliphatic carbocycles. The minimum absolute atomic E-state index is 0.239. The normalized spacial score (nSPS) is 33.5. The molecule has 3 heteroatoms. The maximum atomic E-state index is 9.28. The van der Waals surface area contributed by atoms with Crippen molar-refractivity contribution in [1.29, 1.82) is 0 Å². The first-order chi connectivity index (χ1) is 8.22. The summed E-state index contributed by atoms with van der Waals surface area (Å²) in [7, 11) is 2.20. The van der Waals surface area contributed by atoms with Crippen molar-refractivity contribution in [1.82, 2.24) is 10.2 Å². The van der Waals surface area contributed by atoms with Gasteiger partial charge in [0, 0.05) is 19.1 Å². The molecule has 2 fully saturated rings. The Bertz CT molecular complexity index is 234. The van der Waals surface area contributed by atoms with Crippen LogP contribution >= 0.6 is 0 Å². The summed E-state index contributed by atoms with van der Waals surface area (Å²) in [5.41, 5.74) is 0. The third kappa shape index (κ3) is 3.43. The van der Waals surface area contributed by atoms with Crippen LogP contribution in [0.25, 0.3) is 0 Å². The molecule has 2 N–H and O–H groups in total. The molecular weight excluding hydrogens is 212 g/mol. The third-order valence-corrected chi connectivity index (χ3v) is 4.68. The molecule has 4 atom stereocenters. The Labute approximate surface area is 106 Å². The maximum absolute atomic E-state index is 9.28. The average molecular weight is 240 g/mol. The molecule has 4 unspecified atom stereocenters. The lowest BCUT2D eigenvalue weighted by Gasteiger charge is -2.29. The lowest BCUT2D eigenvalue weighted by Crippen LogP contribution is -2.43. The molecule has 2 rings (SSSR count). The van der Waals surface area contributed by atoms with Crippen molar-refractivity contribution < 1.29 is 5.11 Å². The lowest BCUT2D eigenvalue weighted by atomic mass is 9.88. The quantitative estimate of drug-likeness (QED) is 0.704. The third-order valence-electron chi connectivity index (χ3n) is 4.68. The summed E-state index contributed by atoms with van der Waals surface area (Å²) in [5, 5.41) is 12.6. The van der Waals surface area contributed by atoms with Gasteiger partial charge in [0.05, 0.1) is 6.61 Å². The van der Waals surface area contributed by atoms with E-state index < -0.39 is 0 Å². The predicted molar refractivity (Wildman–Crippen MR) is 71.0 cm³/mol. The number of fused-ring (bicyclic) bond motifs is 2. The van der Waals surface area contributed by atoms with Gasteiger partial charge in [0.25, 0.3) is 0 Å². The zero-order valence-corrected chi connectivity index (χ0v) is 11.4. The highest BCUT2D eigenvalue weighted by Gasteiger charge is 2.39. The van der Waals surface area contributed by atoms with Gasteiger partial charge in [-0.2, -0.15) is 0 Å². The molecule has 0 aromatic rings. The minimum atomic E-state index is 0.239. The number of nitrogens with zero attached hydrogens (tertiary/aromatic N) is 1. The highest BCUT2D eigenvalue weighted by atomic mass is 16.3. The molecule has 0 aliphatic heterocycles. The Balaban J connectivity index is 1.71. The summed E-state index contributed by atoms with van der Waals surface area (Å²) in [5.74, 6) is 2.98. The number of hydrogen-bond donors (Lipinski definition) is 2. The molecular formula is C14H28N2O. The number of rotatable bonds is 7. The summed E-state index contributed by atoms with van der Waals surface area (Å²) >= 11 is 0. The SMILES string of the molecule is CCNC(CO)CN(C)CC1CC2CCC1C2. The molecule has 3 nitrogen and oxygen atoms in total. The Hall–Kier alpha value is -0.120. The van der Waals surface area contributed by atoms with Crippen molar-refractivity contribution in [3.05, 3.63) is 0 Å². The second kappa shape index (κ2) is 6.17. The highest BCUT2D eigenvalue weighted by Crippen LogP contribution is 2.48. The number of hydrogen-bond acceptors (Lipinski definition) is 3. The van der Waals surface area contributed by atoms with E-state index in [1.165, 1.54) is 32.2 Å². The molecule has 17 heavy (non-hydrogen) atoms. The molecule has 0 radical (unpaired) electrons. The van der Waals surface area contributed by atoms with E-state index in [1.807, 2.05) is 0 Å². The van der Waals surface area contributed by atoms with Crippen LogP contribution in [0.1, 0.15) is 32.6 Å². The van der Waals surface area contributed by atoms with Crippen molar-refractivity contribution in [3.63, 3.8) is 0 Å². The number of nitrogens with one attached hydrogen (secondary N) is 1. The second-order valence-electron chi connectivity index (χ2n) is 6.09. The van der Waals surface area contributed by atoms with Gasteiger partial charge in [0.1, 0.15) is 0 Å². The van der Waals surface area contributed by atoms with Crippen molar-refractivity contribution in [2.24, 2.45) is 17.8 Å². The van der Waals surface area contributed by atoms with Gasteiger partial charge >= 0.3 is 0 Å². The molecule has 0 amide bonds. The molecule has 0 spiro atoms. The van der Waals surface area contributed by atoms with Gasteiger partial charge in [-0.25, -0.2) is 0 Å². The first-order valence-electron chi connectivity index (χ1n) is 7.25. The Morgan fingerprint density at radius 3 is 2.71 bits per heavy atom. The van der Waals surface area contributed by atoms with Gasteiger partial charge in [-0.3, -0.25) is 0 Å². The minimum Gasteiger partial charge on any atom is -0.395 e. The topological polar surface area (TPSA) is 35.5 Å². The fourth-order valence-electron chi connectivity index (χ4n) is 3.93. The van der Waals surface area contributed by atoms with Crippen molar-refractivity contribution >= 4 is 0 Å². The fraction of sp³-hybridized carbons (Fsp3) is 1.00. The average Bonchev–Trinajstić information content (AvgIpc) is 2.90. The standard InChI is InChI=1S/C14H28N2O/c1-3-15-14(10-17)9-16(2)8-13-7-11-4-5-12(13)6-11/h11-15,17H,3-10H2,1-2H3. The van der Waals surface area contributed by atoms with Crippen LogP contribution < -0.4 is 5.32 Å². The first kappa shape index (κ1) is 13.3. The maximum Gasteiger partial charge on any atom is 0.0597 e. The van der Waals surface area contributed by atoms with Gasteiger partial charge < -0.3 is 15.3 Å². The largest absolute Gasteiger partial charge is 0.395 e. The van der Waals surface area contributed by atoms with Gasteiger partial charge in [0.2, 0.25) is 0 Å². The van der Waals surface area contributed by atoms with E-state index in [1.54, 1.807) is 0 Å². The van der Waals surface area contributed by atoms with Gasteiger partial charge in [-0.05, 0) is 50.6 Å². The zero-order valence-electron chi connectivity index (χ0n) is 11.4. The lowest BCUT2D eigenvalue weighted by molar-refractivity contribution is 0.170. The van der Waals surface area contributed by atoms with Crippen LogP contribution in [0.15, 0.2) is 0 Å².